The van der Waals surface area contributed by atoms with Gasteiger partial charge in [-0.3, -0.25) is 9.59 Å². The fraction of sp³-hybridized carbons (Fsp3) is 0.576. The molecule has 2 aromatic carbocycles. The molecule has 7 nitrogen and oxygen atoms in total. The minimum absolute atomic E-state index is 0.217. The van der Waals surface area contributed by atoms with Crippen LogP contribution in [0.5, 0.6) is 0 Å². The van der Waals surface area contributed by atoms with Crippen molar-refractivity contribution < 1.29 is 18.0 Å². The van der Waals surface area contributed by atoms with Gasteiger partial charge in [-0.05, 0) is 74.4 Å². The lowest BCUT2D eigenvalue weighted by atomic mass is 9.76. The molecule has 0 radical (unpaired) electrons. The van der Waals surface area contributed by atoms with E-state index in [0.29, 0.717) is 29.2 Å². The van der Waals surface area contributed by atoms with E-state index in [9.17, 15) is 18.0 Å². The molecule has 4 aliphatic rings. The van der Waals surface area contributed by atoms with E-state index in [1.165, 1.54) is 24.7 Å². The molecule has 0 N–H and O–H groups in total. The van der Waals surface area contributed by atoms with Crippen LogP contribution in [0.4, 0.5) is 0 Å². The number of hydrogen-bond donors (Lipinski definition) is 0. The van der Waals surface area contributed by atoms with Crippen molar-refractivity contribution in [3.63, 3.8) is 0 Å². The van der Waals surface area contributed by atoms with Crippen LogP contribution in [0.1, 0.15) is 62.0 Å². The highest BCUT2D eigenvalue weighted by atomic mass is 32.2. The highest BCUT2D eigenvalue weighted by Gasteiger charge is 2.48. The van der Waals surface area contributed by atoms with Gasteiger partial charge < -0.3 is 14.7 Å². The van der Waals surface area contributed by atoms with E-state index in [-0.39, 0.29) is 17.2 Å². The SMILES string of the molecule is CS(=O)(=O)c1ccc(CN2CCC3(CCN(CC4CN(C(=O)C5CCCC5)CC4c4ccccc4)CC3)C2=O)cc1. The van der Waals surface area contributed by atoms with Crippen molar-refractivity contribution in [2.45, 2.75) is 62.3 Å². The molecule has 0 aromatic heterocycles. The van der Waals surface area contributed by atoms with Crippen LogP contribution in [0.3, 0.4) is 0 Å². The van der Waals surface area contributed by atoms with Crippen LogP contribution >= 0.6 is 0 Å². The van der Waals surface area contributed by atoms with Gasteiger partial charge in [0.05, 0.1) is 10.3 Å². The normalized spacial score (nSPS) is 25.4. The van der Waals surface area contributed by atoms with Gasteiger partial charge in [-0.25, -0.2) is 8.42 Å². The Hall–Kier alpha value is -2.71. The number of carbonyl (C=O) groups is 2. The predicted molar refractivity (Wildman–Crippen MR) is 159 cm³/mol. The summed E-state index contributed by atoms with van der Waals surface area (Å²) >= 11 is 0. The zero-order valence-corrected chi connectivity index (χ0v) is 25.0. The molecule has 220 valence electrons. The minimum Gasteiger partial charge on any atom is -0.341 e. The molecule has 2 amide bonds. The summed E-state index contributed by atoms with van der Waals surface area (Å²) in [6, 6.07) is 17.6. The first-order chi connectivity index (χ1) is 19.7. The lowest BCUT2D eigenvalue weighted by Crippen LogP contribution is -2.46. The Bertz CT molecular complexity index is 1350. The molecule has 6 rings (SSSR count). The number of carbonyl (C=O) groups excluding carboxylic acids is 2. The molecule has 41 heavy (non-hydrogen) atoms. The molecule has 4 fully saturated rings. The van der Waals surface area contributed by atoms with Crippen molar-refractivity contribution >= 4 is 21.7 Å². The third-order valence-electron chi connectivity index (χ3n) is 10.3. The minimum atomic E-state index is -3.23. The number of likely N-dealkylation sites (tertiary alicyclic amines) is 3. The number of nitrogens with zero attached hydrogens (tertiary/aromatic N) is 3. The summed E-state index contributed by atoms with van der Waals surface area (Å²) in [6.45, 7) is 5.73. The van der Waals surface area contributed by atoms with E-state index >= 15 is 0 Å². The Kier molecular flexibility index (Phi) is 7.98. The maximum Gasteiger partial charge on any atom is 0.229 e. The van der Waals surface area contributed by atoms with Crippen LogP contribution in [0.2, 0.25) is 0 Å². The lowest BCUT2D eigenvalue weighted by molar-refractivity contribution is -0.139. The quantitative estimate of drug-likeness (QED) is 0.490. The van der Waals surface area contributed by atoms with Crippen LogP contribution in [-0.2, 0) is 26.0 Å². The first-order valence-corrected chi connectivity index (χ1v) is 17.3. The van der Waals surface area contributed by atoms with Gasteiger partial charge in [-0.1, -0.05) is 55.3 Å². The largest absolute Gasteiger partial charge is 0.341 e. The maximum absolute atomic E-state index is 13.6. The number of piperidine rings is 1. The van der Waals surface area contributed by atoms with Crippen LogP contribution in [0, 0.1) is 17.3 Å². The van der Waals surface area contributed by atoms with Gasteiger partial charge in [-0.15, -0.1) is 0 Å². The average Bonchev–Trinajstić information content (AvgIpc) is 3.72. The standard InChI is InChI=1S/C33H43N3O4S/c1-41(39,40)29-13-11-25(12-14-29)21-35-20-17-33(32(35)38)15-18-34(19-16-33)22-28-23-36(31(37)27-9-5-6-10-27)24-30(28)26-7-3-2-4-8-26/h2-4,7-8,11-14,27-28,30H,5-6,9-10,15-24H2,1H3. The Labute approximate surface area is 244 Å². The second kappa shape index (κ2) is 11.5. The third-order valence-corrected chi connectivity index (χ3v) is 11.4. The number of hydrogen-bond acceptors (Lipinski definition) is 5. The van der Waals surface area contributed by atoms with Gasteiger partial charge in [-0.2, -0.15) is 0 Å². The second-order valence-corrected chi connectivity index (χ2v) is 15.0. The average molecular weight is 578 g/mol. The lowest BCUT2D eigenvalue weighted by Gasteiger charge is -2.39. The van der Waals surface area contributed by atoms with E-state index < -0.39 is 9.84 Å². The van der Waals surface area contributed by atoms with Crippen LogP contribution < -0.4 is 0 Å². The number of rotatable bonds is 7. The Morgan fingerprint density at radius 3 is 2.22 bits per heavy atom. The fourth-order valence-electron chi connectivity index (χ4n) is 7.81. The maximum atomic E-state index is 13.6. The molecule has 1 aliphatic carbocycles. The molecule has 0 bridgehead atoms. The smallest absolute Gasteiger partial charge is 0.229 e. The van der Waals surface area contributed by atoms with Crippen LogP contribution in [0.15, 0.2) is 59.5 Å². The van der Waals surface area contributed by atoms with E-state index in [4.69, 9.17) is 0 Å². The first-order valence-electron chi connectivity index (χ1n) is 15.4. The van der Waals surface area contributed by atoms with Crippen molar-refractivity contribution in [1.82, 2.24) is 14.7 Å². The van der Waals surface area contributed by atoms with Crippen molar-refractivity contribution in [3.05, 3.63) is 65.7 Å². The van der Waals surface area contributed by atoms with Crippen molar-refractivity contribution in [3.8, 4) is 0 Å². The van der Waals surface area contributed by atoms with E-state index in [0.717, 1.165) is 76.9 Å². The van der Waals surface area contributed by atoms with Crippen LogP contribution in [0.25, 0.3) is 0 Å². The summed E-state index contributed by atoms with van der Waals surface area (Å²) < 4.78 is 23.6. The van der Waals surface area contributed by atoms with Crippen molar-refractivity contribution in [1.29, 1.82) is 0 Å². The molecule has 2 atom stereocenters. The van der Waals surface area contributed by atoms with Gasteiger partial charge in [0.15, 0.2) is 9.84 Å². The monoisotopic (exact) mass is 577 g/mol. The molecule has 1 saturated carbocycles. The van der Waals surface area contributed by atoms with E-state index in [2.05, 4.69) is 40.1 Å². The fourth-order valence-corrected chi connectivity index (χ4v) is 8.44. The molecule has 2 aromatic rings. The summed E-state index contributed by atoms with van der Waals surface area (Å²) in [6.07, 6.45) is 8.30. The second-order valence-electron chi connectivity index (χ2n) is 13.0. The predicted octanol–water partition coefficient (Wildman–Crippen LogP) is 4.34. The molecular weight excluding hydrogens is 534 g/mol. The highest BCUT2D eigenvalue weighted by molar-refractivity contribution is 7.90. The van der Waals surface area contributed by atoms with E-state index in [1.807, 2.05) is 17.0 Å². The summed E-state index contributed by atoms with van der Waals surface area (Å²) in [5, 5.41) is 0. The Morgan fingerprint density at radius 1 is 0.902 bits per heavy atom. The third kappa shape index (κ3) is 5.96. The van der Waals surface area contributed by atoms with Gasteiger partial charge in [0.2, 0.25) is 11.8 Å². The Morgan fingerprint density at radius 2 is 1.56 bits per heavy atom. The highest BCUT2D eigenvalue weighted by Crippen LogP contribution is 2.43. The zero-order chi connectivity index (χ0) is 28.6. The molecule has 1 spiro atoms. The van der Waals surface area contributed by atoms with Crippen molar-refractivity contribution in [2.24, 2.45) is 17.3 Å². The van der Waals surface area contributed by atoms with E-state index in [1.54, 1.807) is 12.1 Å². The van der Waals surface area contributed by atoms with Gasteiger partial charge in [0.1, 0.15) is 0 Å². The number of amides is 2. The van der Waals surface area contributed by atoms with Crippen molar-refractivity contribution in [2.75, 3.05) is 45.5 Å². The summed E-state index contributed by atoms with van der Waals surface area (Å²) in [5.41, 5.74) is 2.02. The molecule has 3 aliphatic heterocycles. The summed E-state index contributed by atoms with van der Waals surface area (Å²) in [5.74, 6) is 1.60. The Balaban J connectivity index is 1.07. The van der Waals surface area contributed by atoms with Gasteiger partial charge in [0, 0.05) is 50.8 Å². The molecule has 8 heteroatoms. The summed E-state index contributed by atoms with van der Waals surface area (Å²) in [7, 11) is -3.23. The van der Waals surface area contributed by atoms with Gasteiger partial charge in [0.25, 0.3) is 0 Å². The molecule has 3 heterocycles. The summed E-state index contributed by atoms with van der Waals surface area (Å²) in [4.78, 5) is 33.9. The zero-order valence-electron chi connectivity index (χ0n) is 24.2. The molecule has 3 saturated heterocycles. The molecule has 2 unspecified atom stereocenters. The number of benzene rings is 2. The molecular formula is C33H43N3O4S. The van der Waals surface area contributed by atoms with Crippen LogP contribution in [-0.4, -0.2) is 80.5 Å². The first kappa shape index (κ1) is 28.4. The van der Waals surface area contributed by atoms with Gasteiger partial charge >= 0.3 is 0 Å². The number of sulfone groups is 1. The topological polar surface area (TPSA) is 78.0 Å².